The van der Waals surface area contributed by atoms with Crippen LogP contribution in [0, 0.1) is 6.92 Å². The Labute approximate surface area is 149 Å². The summed E-state index contributed by atoms with van der Waals surface area (Å²) in [6.07, 6.45) is 3.72. The molecule has 0 atom stereocenters. The molecule has 1 amide bonds. The molecule has 9 nitrogen and oxygen atoms in total. The second-order valence-electron chi connectivity index (χ2n) is 6.54. The van der Waals surface area contributed by atoms with E-state index >= 15 is 0 Å². The van der Waals surface area contributed by atoms with E-state index in [-0.39, 0.29) is 11.5 Å². The quantitative estimate of drug-likeness (QED) is 0.715. The fourth-order valence-corrected chi connectivity index (χ4v) is 3.18. The van der Waals surface area contributed by atoms with Crippen LogP contribution in [0.2, 0.25) is 0 Å². The molecule has 0 saturated heterocycles. The minimum atomic E-state index is -0.137. The molecule has 134 valence electrons. The monoisotopic (exact) mass is 353 g/mol. The maximum atomic E-state index is 13.0. The fraction of sp³-hybridized carbons (Fsp3) is 0.353. The summed E-state index contributed by atoms with van der Waals surface area (Å²) in [6.45, 7) is 2.61. The van der Waals surface area contributed by atoms with Crippen LogP contribution < -0.4 is 10.5 Å². The van der Waals surface area contributed by atoms with Crippen LogP contribution in [-0.4, -0.2) is 56.0 Å². The second kappa shape index (κ2) is 5.94. The molecule has 3 aromatic heterocycles. The van der Waals surface area contributed by atoms with Gasteiger partial charge in [0.25, 0.3) is 11.5 Å². The molecular formula is C17H19N7O2. The molecule has 0 aliphatic carbocycles. The number of rotatable bonds is 2. The van der Waals surface area contributed by atoms with Gasteiger partial charge in [-0.05, 0) is 13.3 Å². The summed E-state index contributed by atoms with van der Waals surface area (Å²) in [4.78, 5) is 40.3. The van der Waals surface area contributed by atoms with Crippen molar-refractivity contribution < 1.29 is 4.79 Å². The Balaban J connectivity index is 1.68. The van der Waals surface area contributed by atoms with Gasteiger partial charge in [-0.1, -0.05) is 0 Å². The summed E-state index contributed by atoms with van der Waals surface area (Å²) in [7, 11) is 3.62. The van der Waals surface area contributed by atoms with Gasteiger partial charge in [-0.2, -0.15) is 5.10 Å². The average molecular weight is 353 g/mol. The highest BCUT2D eigenvalue weighted by molar-refractivity contribution is 5.95. The molecule has 4 rings (SSSR count). The molecule has 0 spiro atoms. The highest BCUT2D eigenvalue weighted by Gasteiger charge is 2.27. The van der Waals surface area contributed by atoms with Crippen molar-refractivity contribution in [2.24, 2.45) is 0 Å². The minimum Gasteiger partial charge on any atom is -0.348 e. The molecule has 0 fully saturated rings. The number of aromatic amines is 1. The predicted octanol–water partition coefficient (Wildman–Crippen LogP) is 0.386. The van der Waals surface area contributed by atoms with Gasteiger partial charge in [0, 0.05) is 38.5 Å². The van der Waals surface area contributed by atoms with Crippen molar-refractivity contribution in [1.29, 1.82) is 0 Å². The molecule has 26 heavy (non-hydrogen) atoms. The van der Waals surface area contributed by atoms with Crippen molar-refractivity contribution in [2.75, 3.05) is 25.5 Å². The lowest BCUT2D eigenvalue weighted by Crippen LogP contribution is -2.40. The van der Waals surface area contributed by atoms with Gasteiger partial charge in [0.15, 0.2) is 5.65 Å². The Morgan fingerprint density at radius 2 is 2.15 bits per heavy atom. The van der Waals surface area contributed by atoms with Crippen molar-refractivity contribution in [3.63, 3.8) is 0 Å². The summed E-state index contributed by atoms with van der Waals surface area (Å²) < 4.78 is 1.65. The Morgan fingerprint density at radius 1 is 1.35 bits per heavy atom. The molecule has 0 bridgehead atoms. The zero-order valence-electron chi connectivity index (χ0n) is 14.9. The predicted molar refractivity (Wildman–Crippen MR) is 95.4 cm³/mol. The zero-order valence-corrected chi connectivity index (χ0v) is 14.9. The lowest BCUT2D eigenvalue weighted by atomic mass is 10.1. The van der Waals surface area contributed by atoms with Crippen LogP contribution in [0.1, 0.15) is 27.3 Å². The van der Waals surface area contributed by atoms with Crippen LogP contribution in [0.4, 0.5) is 5.95 Å². The summed E-state index contributed by atoms with van der Waals surface area (Å²) in [5, 5.41) is 4.21. The van der Waals surface area contributed by atoms with E-state index in [1.165, 1.54) is 0 Å². The van der Waals surface area contributed by atoms with Crippen molar-refractivity contribution in [2.45, 2.75) is 19.9 Å². The molecule has 9 heteroatoms. The second-order valence-corrected chi connectivity index (χ2v) is 6.54. The Morgan fingerprint density at radius 3 is 2.92 bits per heavy atom. The standard InChI is InChI=1S/C17H19N7O2/c1-10-12(8-18-14-4-6-19-24(10)14)16(26)23-7-5-11-13(9-23)20-17(22(2)3)21-15(11)25/h4,6,8H,5,7,9H2,1-3H3,(H,20,21,25). The van der Waals surface area contributed by atoms with Crippen LogP contribution >= 0.6 is 0 Å². The number of nitrogens with zero attached hydrogens (tertiary/aromatic N) is 6. The van der Waals surface area contributed by atoms with Crippen molar-refractivity contribution in [1.82, 2.24) is 29.5 Å². The molecule has 1 N–H and O–H groups in total. The molecule has 0 radical (unpaired) electrons. The molecule has 1 aliphatic rings. The lowest BCUT2D eigenvalue weighted by Gasteiger charge is -2.28. The van der Waals surface area contributed by atoms with E-state index in [2.05, 4.69) is 20.1 Å². The van der Waals surface area contributed by atoms with Gasteiger partial charge >= 0.3 is 0 Å². The molecule has 3 aromatic rings. The Bertz CT molecular complexity index is 1070. The van der Waals surface area contributed by atoms with Crippen LogP contribution in [0.5, 0.6) is 0 Å². The lowest BCUT2D eigenvalue weighted by molar-refractivity contribution is 0.0729. The van der Waals surface area contributed by atoms with Gasteiger partial charge in [-0.25, -0.2) is 14.5 Å². The first kappa shape index (κ1) is 16.2. The van der Waals surface area contributed by atoms with E-state index in [9.17, 15) is 9.59 Å². The normalized spacial score (nSPS) is 13.7. The number of fused-ring (bicyclic) bond motifs is 2. The number of hydrogen-bond donors (Lipinski definition) is 1. The van der Waals surface area contributed by atoms with Crippen LogP contribution in [0.3, 0.4) is 0 Å². The van der Waals surface area contributed by atoms with Crippen molar-refractivity contribution in [3.8, 4) is 0 Å². The molecule has 0 saturated carbocycles. The van der Waals surface area contributed by atoms with Gasteiger partial charge in [-0.3, -0.25) is 14.6 Å². The number of aryl methyl sites for hydroxylation is 1. The van der Waals surface area contributed by atoms with Gasteiger partial charge in [0.2, 0.25) is 5.95 Å². The minimum absolute atomic E-state index is 0.133. The largest absolute Gasteiger partial charge is 0.348 e. The summed E-state index contributed by atoms with van der Waals surface area (Å²) >= 11 is 0. The van der Waals surface area contributed by atoms with Gasteiger partial charge in [0.05, 0.1) is 29.7 Å². The van der Waals surface area contributed by atoms with E-state index in [0.717, 1.165) is 5.69 Å². The van der Waals surface area contributed by atoms with E-state index < -0.39 is 0 Å². The fourth-order valence-electron chi connectivity index (χ4n) is 3.18. The summed E-state index contributed by atoms with van der Waals surface area (Å²) in [5.41, 5.74) is 3.10. The molecule has 0 unspecified atom stereocenters. The summed E-state index contributed by atoms with van der Waals surface area (Å²) in [6, 6.07) is 1.79. The van der Waals surface area contributed by atoms with Gasteiger partial charge in [0.1, 0.15) is 0 Å². The molecular weight excluding hydrogens is 334 g/mol. The van der Waals surface area contributed by atoms with E-state index in [4.69, 9.17) is 0 Å². The smallest absolute Gasteiger partial charge is 0.257 e. The number of aromatic nitrogens is 5. The highest BCUT2D eigenvalue weighted by atomic mass is 16.2. The maximum absolute atomic E-state index is 13.0. The number of H-pyrrole nitrogens is 1. The number of nitrogens with one attached hydrogen (secondary N) is 1. The Hall–Kier alpha value is -3.23. The molecule has 1 aliphatic heterocycles. The number of hydrogen-bond acceptors (Lipinski definition) is 6. The third-order valence-corrected chi connectivity index (χ3v) is 4.66. The SMILES string of the molecule is Cc1c(C(=O)N2CCc3c(nc(N(C)C)[nH]c3=O)C2)cnc2ccnn12. The van der Waals surface area contributed by atoms with Crippen LogP contribution in [0.15, 0.2) is 23.3 Å². The van der Waals surface area contributed by atoms with Crippen molar-refractivity contribution >= 4 is 17.5 Å². The number of carbonyl (C=O) groups is 1. The van der Waals surface area contributed by atoms with E-state index in [1.54, 1.807) is 32.8 Å². The highest BCUT2D eigenvalue weighted by Crippen LogP contribution is 2.19. The maximum Gasteiger partial charge on any atom is 0.257 e. The molecule has 0 aromatic carbocycles. The van der Waals surface area contributed by atoms with Gasteiger partial charge in [-0.15, -0.1) is 0 Å². The first-order valence-electron chi connectivity index (χ1n) is 8.33. The number of amides is 1. The Kier molecular flexibility index (Phi) is 3.71. The van der Waals surface area contributed by atoms with Crippen molar-refractivity contribution in [3.05, 3.63) is 51.3 Å². The first-order chi connectivity index (χ1) is 12.5. The number of carbonyl (C=O) groups excluding carboxylic acids is 1. The van der Waals surface area contributed by atoms with Crippen LogP contribution in [-0.2, 0) is 13.0 Å². The first-order valence-corrected chi connectivity index (χ1v) is 8.33. The number of anilines is 1. The van der Waals surface area contributed by atoms with Gasteiger partial charge < -0.3 is 9.80 Å². The van der Waals surface area contributed by atoms with Crippen LogP contribution in [0.25, 0.3) is 5.65 Å². The zero-order chi connectivity index (χ0) is 18.4. The van der Waals surface area contributed by atoms with E-state index in [0.29, 0.717) is 47.9 Å². The summed E-state index contributed by atoms with van der Waals surface area (Å²) in [5.74, 6) is 0.352. The third kappa shape index (κ3) is 2.52. The van der Waals surface area contributed by atoms with E-state index in [1.807, 2.05) is 21.0 Å². The topological polar surface area (TPSA) is 99.5 Å². The third-order valence-electron chi connectivity index (χ3n) is 4.66. The molecule has 4 heterocycles. The average Bonchev–Trinajstić information content (AvgIpc) is 3.10.